The van der Waals surface area contributed by atoms with E-state index in [2.05, 4.69) is 27.7 Å². The van der Waals surface area contributed by atoms with Gasteiger partial charge in [0.2, 0.25) is 0 Å². The summed E-state index contributed by atoms with van der Waals surface area (Å²) in [5.41, 5.74) is 1.32. The lowest BCUT2D eigenvalue weighted by atomic mass is 10.0. The molecule has 0 spiro atoms. The van der Waals surface area contributed by atoms with Crippen LogP contribution in [0, 0.1) is 16.7 Å². The number of hydrogen-bond donors (Lipinski definition) is 1. The Kier molecular flexibility index (Phi) is 1.84. The normalized spacial score (nSPS) is 26.1. The summed E-state index contributed by atoms with van der Waals surface area (Å²) in [7, 11) is 0. The van der Waals surface area contributed by atoms with Crippen molar-refractivity contribution in [2.45, 2.75) is 33.8 Å². The van der Waals surface area contributed by atoms with E-state index in [1.807, 2.05) is 6.07 Å². The van der Waals surface area contributed by atoms with Gasteiger partial charge in [-0.05, 0) is 16.9 Å². The van der Waals surface area contributed by atoms with E-state index in [1.165, 1.54) is 0 Å². The van der Waals surface area contributed by atoms with E-state index >= 15 is 0 Å². The molecule has 1 saturated carbocycles. The van der Waals surface area contributed by atoms with Crippen molar-refractivity contribution in [2.75, 3.05) is 0 Å². The Labute approximate surface area is 84.9 Å². The highest BCUT2D eigenvalue weighted by Gasteiger charge is 2.67. The molecule has 1 fully saturated rings. The van der Waals surface area contributed by atoms with Crippen LogP contribution < -0.4 is 0 Å². The maximum absolute atomic E-state index is 10.2. The lowest BCUT2D eigenvalue weighted by Gasteiger charge is -2.09. The molecule has 2 rings (SSSR count). The molecule has 78 valence electrons. The summed E-state index contributed by atoms with van der Waals surface area (Å²) in [6.45, 7) is 8.84. The van der Waals surface area contributed by atoms with Gasteiger partial charge in [-0.3, -0.25) is 0 Å². The number of aliphatic hydroxyl groups is 1. The van der Waals surface area contributed by atoms with Crippen molar-refractivity contribution in [1.29, 1.82) is 0 Å². The molecule has 0 amide bonds. The lowest BCUT2D eigenvalue weighted by Crippen LogP contribution is -2.04. The van der Waals surface area contributed by atoms with Crippen molar-refractivity contribution in [1.82, 2.24) is 0 Å². The summed E-state index contributed by atoms with van der Waals surface area (Å²) in [4.78, 5) is 0. The van der Waals surface area contributed by atoms with Gasteiger partial charge in [-0.1, -0.05) is 27.7 Å². The van der Waals surface area contributed by atoms with Crippen LogP contribution in [0.3, 0.4) is 0 Å². The first-order chi connectivity index (χ1) is 6.39. The zero-order valence-electron chi connectivity index (χ0n) is 9.24. The van der Waals surface area contributed by atoms with E-state index in [9.17, 15) is 5.11 Å². The maximum atomic E-state index is 10.2. The number of aliphatic hydroxyl groups excluding tert-OH is 1. The average Bonchev–Trinajstić information content (AvgIpc) is 2.53. The van der Waals surface area contributed by atoms with Crippen LogP contribution in [-0.2, 0) is 0 Å². The van der Waals surface area contributed by atoms with Gasteiger partial charge in [0, 0.05) is 11.5 Å². The van der Waals surface area contributed by atoms with Crippen LogP contribution in [-0.4, -0.2) is 5.11 Å². The highest BCUT2D eigenvalue weighted by atomic mass is 16.3. The molecule has 0 bridgehead atoms. The Morgan fingerprint density at radius 1 is 1.29 bits per heavy atom. The van der Waals surface area contributed by atoms with E-state index in [1.54, 1.807) is 12.5 Å². The van der Waals surface area contributed by atoms with Crippen LogP contribution in [0.15, 0.2) is 23.0 Å². The second-order valence-electron chi connectivity index (χ2n) is 5.42. The Morgan fingerprint density at radius 3 is 2.21 bits per heavy atom. The van der Waals surface area contributed by atoms with Gasteiger partial charge in [-0.25, -0.2) is 0 Å². The number of furan rings is 1. The molecule has 0 aromatic carbocycles. The smallest absolute Gasteiger partial charge is 0.0960 e. The van der Waals surface area contributed by atoms with E-state index in [-0.39, 0.29) is 10.8 Å². The van der Waals surface area contributed by atoms with Crippen molar-refractivity contribution >= 4 is 0 Å². The third-order valence-corrected chi connectivity index (χ3v) is 4.33. The van der Waals surface area contributed by atoms with Gasteiger partial charge >= 0.3 is 0 Å². The number of rotatable bonds is 2. The summed E-state index contributed by atoms with van der Waals surface area (Å²) in [6.07, 6.45) is 2.86. The summed E-state index contributed by atoms with van der Waals surface area (Å²) < 4.78 is 4.99. The predicted molar refractivity (Wildman–Crippen MR) is 54.7 cm³/mol. The summed E-state index contributed by atoms with van der Waals surface area (Å²) in [5, 5.41) is 10.2. The molecule has 0 radical (unpaired) electrons. The van der Waals surface area contributed by atoms with Crippen LogP contribution >= 0.6 is 0 Å². The lowest BCUT2D eigenvalue weighted by molar-refractivity contribution is 0.130. The summed E-state index contributed by atoms with van der Waals surface area (Å²) in [5.74, 6) is 0.326. The Morgan fingerprint density at radius 2 is 1.86 bits per heavy atom. The fourth-order valence-corrected chi connectivity index (χ4v) is 2.67. The molecule has 0 aliphatic heterocycles. The quantitative estimate of drug-likeness (QED) is 0.785. The second kappa shape index (κ2) is 2.63. The Bertz CT molecular complexity index is 308. The molecule has 1 aromatic heterocycles. The largest absolute Gasteiger partial charge is 0.472 e. The molecular formula is C12H18O2. The average molecular weight is 194 g/mol. The maximum Gasteiger partial charge on any atom is 0.0960 e. The third-order valence-electron chi connectivity index (χ3n) is 4.33. The Balaban J connectivity index is 2.20. The van der Waals surface area contributed by atoms with Gasteiger partial charge in [0.25, 0.3) is 0 Å². The molecule has 14 heavy (non-hydrogen) atoms. The van der Waals surface area contributed by atoms with Gasteiger partial charge in [0.15, 0.2) is 0 Å². The van der Waals surface area contributed by atoms with Crippen LogP contribution in [0.1, 0.15) is 39.4 Å². The van der Waals surface area contributed by atoms with Gasteiger partial charge < -0.3 is 9.52 Å². The molecular weight excluding hydrogens is 176 g/mol. The zero-order chi connectivity index (χ0) is 10.6. The first-order valence-electron chi connectivity index (χ1n) is 5.09. The molecule has 1 atom stereocenters. The van der Waals surface area contributed by atoms with Crippen molar-refractivity contribution < 1.29 is 9.52 Å². The molecule has 0 saturated heterocycles. The van der Waals surface area contributed by atoms with Gasteiger partial charge in [-0.15, -0.1) is 0 Å². The van der Waals surface area contributed by atoms with Crippen LogP contribution in [0.5, 0.6) is 0 Å². The zero-order valence-corrected chi connectivity index (χ0v) is 9.24. The standard InChI is InChI=1S/C12H18O2/c1-11(2)10(12(11,3)4)9(13)8-5-6-14-7-8/h5-7,9-10,13H,1-4H3. The molecule has 2 heteroatoms. The molecule has 1 aliphatic rings. The number of hydrogen-bond acceptors (Lipinski definition) is 2. The van der Waals surface area contributed by atoms with Gasteiger partial charge in [0.1, 0.15) is 0 Å². The summed E-state index contributed by atoms with van der Waals surface area (Å²) in [6, 6.07) is 1.84. The predicted octanol–water partition coefficient (Wildman–Crippen LogP) is 3.00. The van der Waals surface area contributed by atoms with Gasteiger partial charge in [-0.2, -0.15) is 0 Å². The first kappa shape index (κ1) is 9.78. The fraction of sp³-hybridized carbons (Fsp3) is 0.667. The molecule has 1 aliphatic carbocycles. The Hall–Kier alpha value is -0.760. The SMILES string of the molecule is CC1(C)C(C(O)c2ccoc2)C1(C)C. The summed E-state index contributed by atoms with van der Waals surface area (Å²) >= 11 is 0. The molecule has 2 nitrogen and oxygen atoms in total. The van der Waals surface area contributed by atoms with Crippen LogP contribution in [0.25, 0.3) is 0 Å². The molecule has 1 heterocycles. The van der Waals surface area contributed by atoms with Crippen LogP contribution in [0.4, 0.5) is 0 Å². The van der Waals surface area contributed by atoms with Crippen LogP contribution in [0.2, 0.25) is 0 Å². The minimum atomic E-state index is -0.390. The molecule has 1 aromatic rings. The van der Waals surface area contributed by atoms with Crippen molar-refractivity contribution in [3.05, 3.63) is 24.2 Å². The van der Waals surface area contributed by atoms with E-state index in [0.717, 1.165) is 5.56 Å². The van der Waals surface area contributed by atoms with Gasteiger partial charge in [0.05, 0.1) is 18.6 Å². The second-order valence-corrected chi connectivity index (χ2v) is 5.42. The monoisotopic (exact) mass is 194 g/mol. The first-order valence-corrected chi connectivity index (χ1v) is 5.09. The van der Waals surface area contributed by atoms with Crippen molar-refractivity contribution in [2.24, 2.45) is 16.7 Å². The molecule has 1 unspecified atom stereocenters. The van der Waals surface area contributed by atoms with E-state index in [0.29, 0.717) is 5.92 Å². The topological polar surface area (TPSA) is 33.4 Å². The van der Waals surface area contributed by atoms with Crippen molar-refractivity contribution in [3.8, 4) is 0 Å². The highest BCUT2D eigenvalue weighted by Crippen LogP contribution is 2.72. The fourth-order valence-electron chi connectivity index (χ4n) is 2.67. The minimum absolute atomic E-state index is 0.212. The highest BCUT2D eigenvalue weighted by molar-refractivity contribution is 5.22. The van der Waals surface area contributed by atoms with E-state index < -0.39 is 6.10 Å². The minimum Gasteiger partial charge on any atom is -0.472 e. The van der Waals surface area contributed by atoms with E-state index in [4.69, 9.17) is 4.42 Å². The third kappa shape index (κ3) is 1.07. The molecule has 1 N–H and O–H groups in total. The van der Waals surface area contributed by atoms with Crippen molar-refractivity contribution in [3.63, 3.8) is 0 Å².